The van der Waals surface area contributed by atoms with Crippen molar-refractivity contribution in [1.82, 2.24) is 0 Å². The molecule has 0 aromatic heterocycles. The first kappa shape index (κ1) is 3.38. The molecule has 0 bridgehead atoms. The van der Waals surface area contributed by atoms with Crippen LogP contribution in [0.1, 0.15) is 47.3 Å². The number of rotatable bonds is 4. The molecule has 0 rings (SSSR count). The van der Waals surface area contributed by atoms with Crippen molar-refractivity contribution in [1.29, 1.82) is 0 Å². The molecule has 0 saturated heterocycles. The molecular formula is C8H18O. The summed E-state index contributed by atoms with van der Waals surface area (Å²) in [4.78, 5) is 0. The van der Waals surface area contributed by atoms with E-state index in [0.29, 0.717) is 6.42 Å². The van der Waals surface area contributed by atoms with Gasteiger partial charge in [0.2, 0.25) is 0 Å². The van der Waals surface area contributed by atoms with Crippen molar-refractivity contribution < 1.29 is 11.6 Å². The van der Waals surface area contributed by atoms with Gasteiger partial charge >= 0.3 is 0 Å². The lowest BCUT2D eigenvalue weighted by atomic mass is 10.3. The highest BCUT2D eigenvalue weighted by molar-refractivity contribution is 4.50. The summed E-state index contributed by atoms with van der Waals surface area (Å²) < 4.78 is 41.5. The Balaban J connectivity index is 4.59. The molecule has 0 aromatic carbocycles. The Bertz CT molecular complexity index is 158. The number of hydrogen-bond donors (Lipinski definition) is 0. The van der Waals surface area contributed by atoms with Crippen molar-refractivity contribution in [2.75, 3.05) is 0 Å². The normalized spacial score (nSPS) is 28.6. The number of ether oxygens (including phenoxy) is 1. The molecule has 0 amide bonds. The first-order valence-corrected chi connectivity index (χ1v) is 3.24. The van der Waals surface area contributed by atoms with E-state index >= 15 is 0 Å². The summed E-state index contributed by atoms with van der Waals surface area (Å²) in [5, 5.41) is 0. The van der Waals surface area contributed by atoms with Crippen LogP contribution in [0.5, 0.6) is 0 Å². The Hall–Kier alpha value is -0.0400. The zero-order valence-electron chi connectivity index (χ0n) is 11.3. The van der Waals surface area contributed by atoms with Gasteiger partial charge in [0, 0.05) is 6.85 Å². The summed E-state index contributed by atoms with van der Waals surface area (Å²) in [6.45, 7) is 2.42. The third-order valence-electron chi connectivity index (χ3n) is 1.21. The summed E-state index contributed by atoms with van der Waals surface area (Å²) >= 11 is 0. The van der Waals surface area contributed by atoms with Gasteiger partial charge in [-0.3, -0.25) is 0 Å². The minimum absolute atomic E-state index is 0.240. The second-order valence-electron chi connectivity index (χ2n) is 2.02. The summed E-state index contributed by atoms with van der Waals surface area (Å²) in [6.07, 6.45) is -2.78. The Kier molecular flexibility index (Phi) is 1.80. The zero-order valence-corrected chi connectivity index (χ0v) is 6.27. The molecule has 0 unspecified atom stereocenters. The first-order chi connectivity index (χ1) is 6.09. The largest absolute Gasteiger partial charge is 0.376 e. The second kappa shape index (κ2) is 4.80. The smallest absolute Gasteiger partial charge is 0.0548 e. The molecule has 0 N–H and O–H groups in total. The average molecular weight is 135 g/mol. The summed E-state index contributed by atoms with van der Waals surface area (Å²) in [5.74, 6) is 0. The Morgan fingerprint density at radius 3 is 2.56 bits per heavy atom. The third kappa shape index (κ3) is 4.46. The van der Waals surface area contributed by atoms with Crippen LogP contribution in [0.4, 0.5) is 0 Å². The molecule has 9 heavy (non-hydrogen) atoms. The molecule has 0 aliphatic heterocycles. The molecular weight excluding hydrogens is 112 g/mol. The number of hydrogen-bond acceptors (Lipinski definition) is 1. The Labute approximate surface area is 65.4 Å². The van der Waals surface area contributed by atoms with Gasteiger partial charge in [0.25, 0.3) is 0 Å². The van der Waals surface area contributed by atoms with Crippen LogP contribution in [0.2, 0.25) is 0 Å². The summed E-state index contributed by atoms with van der Waals surface area (Å²) in [7, 11) is 0. The molecule has 0 aliphatic carbocycles. The molecule has 1 nitrogen and oxygen atoms in total. The Morgan fingerprint density at radius 1 is 1.56 bits per heavy atom. The quantitative estimate of drug-likeness (QED) is 0.575. The van der Waals surface area contributed by atoms with Crippen molar-refractivity contribution in [3.8, 4) is 0 Å². The van der Waals surface area contributed by atoms with Crippen molar-refractivity contribution in [2.45, 2.75) is 52.6 Å². The average Bonchev–Trinajstić information content (AvgIpc) is 1.95. The fourth-order valence-electron chi connectivity index (χ4n) is 0.397. The highest BCUT2D eigenvalue weighted by Crippen LogP contribution is 2.03. The lowest BCUT2D eigenvalue weighted by Gasteiger charge is -2.15. The van der Waals surface area contributed by atoms with Gasteiger partial charge in [-0.05, 0) is 26.6 Å². The van der Waals surface area contributed by atoms with E-state index < -0.39 is 19.3 Å². The molecule has 0 radical (unpaired) electrons. The van der Waals surface area contributed by atoms with Crippen molar-refractivity contribution in [3.63, 3.8) is 0 Å². The van der Waals surface area contributed by atoms with Crippen LogP contribution in [0.15, 0.2) is 0 Å². The van der Waals surface area contributed by atoms with Crippen LogP contribution < -0.4 is 0 Å². The van der Waals surface area contributed by atoms with Gasteiger partial charge in [0.1, 0.15) is 0 Å². The second-order valence-corrected chi connectivity index (χ2v) is 2.02. The van der Waals surface area contributed by atoms with E-state index in [9.17, 15) is 0 Å². The van der Waals surface area contributed by atoms with E-state index in [1.54, 1.807) is 6.92 Å². The van der Waals surface area contributed by atoms with Crippen LogP contribution in [-0.2, 0) is 4.74 Å². The van der Waals surface area contributed by atoms with E-state index in [1.165, 1.54) is 6.92 Å². The highest BCUT2D eigenvalue weighted by Gasteiger charge is 2.02. The van der Waals surface area contributed by atoms with E-state index in [4.69, 9.17) is 11.6 Å². The lowest BCUT2D eigenvalue weighted by Crippen LogP contribution is -2.14. The van der Waals surface area contributed by atoms with E-state index in [1.807, 2.05) is 6.92 Å². The van der Waals surface area contributed by atoms with Gasteiger partial charge in [-0.15, -0.1) is 0 Å². The molecule has 56 valence electrons. The van der Waals surface area contributed by atoms with Crippen molar-refractivity contribution in [2.24, 2.45) is 0 Å². The highest BCUT2D eigenvalue weighted by atomic mass is 16.5. The molecule has 1 heteroatoms. The fourth-order valence-corrected chi connectivity index (χ4v) is 0.397. The molecule has 2 atom stereocenters. The molecule has 0 saturated carbocycles. The molecule has 0 aliphatic rings. The molecule has 0 spiro atoms. The van der Waals surface area contributed by atoms with Crippen LogP contribution in [-0.4, -0.2) is 12.2 Å². The molecule has 0 fully saturated rings. The van der Waals surface area contributed by atoms with E-state index in [0.717, 1.165) is 0 Å². The van der Waals surface area contributed by atoms with Crippen molar-refractivity contribution >= 4 is 0 Å². The zero-order chi connectivity index (χ0) is 11.6. The molecule has 0 aromatic rings. The van der Waals surface area contributed by atoms with E-state index in [2.05, 4.69) is 0 Å². The molecule has 0 heterocycles. The summed E-state index contributed by atoms with van der Waals surface area (Å²) in [5.41, 5.74) is 0. The van der Waals surface area contributed by atoms with Gasteiger partial charge in [-0.25, -0.2) is 0 Å². The summed E-state index contributed by atoms with van der Waals surface area (Å²) in [6, 6.07) is 0. The van der Waals surface area contributed by atoms with Crippen LogP contribution >= 0.6 is 0 Å². The standard InChI is InChI=1S/C8H18O/c1-5-7(3)9-8(4)6-2/h7-8H,5-6H2,1-4H3/t7-,8+/i3D3,5D2/m0/s1. The third-order valence-corrected chi connectivity index (χ3v) is 1.21. The monoisotopic (exact) mass is 135 g/mol. The fraction of sp³-hybridized carbons (Fsp3) is 1.00. The Morgan fingerprint density at radius 2 is 2.22 bits per heavy atom. The van der Waals surface area contributed by atoms with Gasteiger partial charge < -0.3 is 4.74 Å². The van der Waals surface area contributed by atoms with E-state index in [-0.39, 0.29) is 6.10 Å². The maximum atomic E-state index is 7.39. The van der Waals surface area contributed by atoms with Crippen LogP contribution in [0, 0.1) is 0 Å². The lowest BCUT2D eigenvalue weighted by molar-refractivity contribution is 0.00511. The predicted molar refractivity (Wildman–Crippen MR) is 40.6 cm³/mol. The van der Waals surface area contributed by atoms with Gasteiger partial charge in [-0.2, -0.15) is 0 Å². The van der Waals surface area contributed by atoms with Gasteiger partial charge in [0.15, 0.2) is 0 Å². The van der Waals surface area contributed by atoms with Gasteiger partial charge in [-0.1, -0.05) is 13.8 Å². The maximum absolute atomic E-state index is 7.39. The maximum Gasteiger partial charge on any atom is 0.0548 e. The van der Waals surface area contributed by atoms with Crippen LogP contribution in [0.25, 0.3) is 0 Å². The van der Waals surface area contributed by atoms with Gasteiger partial charge in [0.05, 0.1) is 12.2 Å². The minimum Gasteiger partial charge on any atom is -0.376 e. The topological polar surface area (TPSA) is 9.23 Å². The minimum atomic E-state index is -2.42. The SMILES string of the molecule is [2H]C([2H])([2H])[C@H](O[C@H](C)CC)C([2H])([2H])C. The first-order valence-electron chi connectivity index (χ1n) is 5.74. The van der Waals surface area contributed by atoms with Crippen molar-refractivity contribution in [3.05, 3.63) is 0 Å². The predicted octanol–water partition coefficient (Wildman–Crippen LogP) is 2.60. The van der Waals surface area contributed by atoms with Crippen LogP contribution in [0.3, 0.4) is 0 Å².